The van der Waals surface area contributed by atoms with Crippen LogP contribution in [0.5, 0.6) is 5.75 Å². The maximum atomic E-state index is 6.09. The minimum Gasteiger partial charge on any atom is -0.489 e. The minimum absolute atomic E-state index is 0.469. The molecular weight excluding hydrogens is 450 g/mol. The summed E-state index contributed by atoms with van der Waals surface area (Å²) in [6.45, 7) is 4.79. The van der Waals surface area contributed by atoms with Crippen molar-refractivity contribution in [2.75, 3.05) is 19.7 Å². The molecule has 0 amide bonds. The summed E-state index contributed by atoms with van der Waals surface area (Å²) in [5, 5.41) is 0. The van der Waals surface area contributed by atoms with E-state index in [1.807, 2.05) is 0 Å². The molecule has 0 saturated carbocycles. The fraction of sp³-hybridized carbons (Fsp3) is 0.407. The van der Waals surface area contributed by atoms with E-state index in [1.54, 1.807) is 0 Å². The maximum absolute atomic E-state index is 6.09. The van der Waals surface area contributed by atoms with E-state index in [9.17, 15) is 0 Å². The highest BCUT2D eigenvalue weighted by Gasteiger charge is 2.28. The molecule has 2 unspecified atom stereocenters. The van der Waals surface area contributed by atoms with Crippen molar-refractivity contribution >= 4 is 15.9 Å². The van der Waals surface area contributed by atoms with Crippen LogP contribution >= 0.6 is 15.9 Å². The lowest BCUT2D eigenvalue weighted by Crippen LogP contribution is -2.38. The molecule has 0 spiro atoms. The van der Waals surface area contributed by atoms with Gasteiger partial charge in [0.25, 0.3) is 0 Å². The van der Waals surface area contributed by atoms with Crippen molar-refractivity contribution in [2.24, 2.45) is 11.8 Å². The van der Waals surface area contributed by atoms with Gasteiger partial charge in [0.05, 0.1) is 6.10 Å². The van der Waals surface area contributed by atoms with E-state index in [1.165, 1.54) is 23.1 Å². The number of hydrogen-bond donors (Lipinski definition) is 0. The monoisotopic (exact) mass is 479 g/mol. The van der Waals surface area contributed by atoms with Gasteiger partial charge in [-0.15, -0.1) is 0 Å². The van der Waals surface area contributed by atoms with E-state index >= 15 is 0 Å². The van der Waals surface area contributed by atoms with E-state index in [-0.39, 0.29) is 0 Å². The Balaban J connectivity index is 1.20. The summed E-state index contributed by atoms with van der Waals surface area (Å²) in [6, 6.07) is 14.9. The van der Waals surface area contributed by atoms with Gasteiger partial charge in [0.15, 0.2) is 0 Å². The quantitative estimate of drug-likeness (QED) is 0.491. The Morgan fingerprint density at radius 3 is 2.58 bits per heavy atom. The van der Waals surface area contributed by atoms with Gasteiger partial charge in [-0.25, -0.2) is 0 Å². The summed E-state index contributed by atoms with van der Waals surface area (Å²) < 4.78 is 12.9. The molecule has 3 nitrogen and oxygen atoms in total. The van der Waals surface area contributed by atoms with Crippen LogP contribution in [0.1, 0.15) is 29.5 Å². The second kappa shape index (κ2) is 9.72. The van der Waals surface area contributed by atoms with Gasteiger partial charge in [-0.2, -0.15) is 0 Å². The van der Waals surface area contributed by atoms with Crippen LogP contribution < -0.4 is 4.74 Å². The highest BCUT2D eigenvalue weighted by Crippen LogP contribution is 2.31. The lowest BCUT2D eigenvalue weighted by atomic mass is 9.82. The van der Waals surface area contributed by atoms with Gasteiger partial charge in [0.2, 0.25) is 0 Å². The van der Waals surface area contributed by atoms with Gasteiger partial charge < -0.3 is 9.47 Å². The number of benzene rings is 2. The van der Waals surface area contributed by atoms with Crippen LogP contribution in [0.2, 0.25) is 0 Å². The number of nitrogens with zero attached hydrogens (tertiary/aromatic N) is 1. The van der Waals surface area contributed by atoms with Crippen molar-refractivity contribution < 1.29 is 9.47 Å². The van der Waals surface area contributed by atoms with Crippen molar-refractivity contribution in [3.63, 3.8) is 0 Å². The Hall–Kier alpha value is -1.88. The number of rotatable bonds is 7. The van der Waals surface area contributed by atoms with Gasteiger partial charge in [-0.05, 0) is 72.1 Å². The highest BCUT2D eigenvalue weighted by atomic mass is 79.9. The largest absolute Gasteiger partial charge is 0.489 e. The zero-order chi connectivity index (χ0) is 21.0. The predicted octanol–water partition coefficient (Wildman–Crippen LogP) is 5.92. The number of ether oxygens (including phenoxy) is 2. The predicted molar refractivity (Wildman–Crippen MR) is 128 cm³/mol. The Bertz CT molecular complexity index is 948. The molecule has 2 aromatic rings. The molecule has 0 radical (unpaired) electrons. The second-order valence-electron chi connectivity index (χ2n) is 8.95. The molecule has 1 aliphatic carbocycles. The fourth-order valence-electron chi connectivity index (χ4n) is 4.81. The summed E-state index contributed by atoms with van der Waals surface area (Å²) in [4.78, 5) is 2.61. The summed E-state index contributed by atoms with van der Waals surface area (Å²) in [6.07, 6.45) is 13.2. The lowest BCUT2D eigenvalue weighted by molar-refractivity contribution is -0.0628. The van der Waals surface area contributed by atoms with Crippen molar-refractivity contribution in [3.05, 3.63) is 87.9 Å². The molecule has 5 rings (SSSR count). The van der Waals surface area contributed by atoms with Crippen molar-refractivity contribution in [2.45, 2.75) is 38.5 Å². The van der Waals surface area contributed by atoms with Crippen LogP contribution in [-0.4, -0.2) is 30.7 Å². The molecule has 3 aliphatic rings. The number of fused-ring (bicyclic) bond motifs is 1. The van der Waals surface area contributed by atoms with E-state index in [0.29, 0.717) is 24.5 Å². The average Bonchev–Trinajstić information content (AvgIpc) is 2.76. The maximum Gasteiger partial charge on any atom is 0.120 e. The first-order chi connectivity index (χ1) is 15.2. The fourth-order valence-corrected chi connectivity index (χ4v) is 5.07. The molecule has 162 valence electrons. The third-order valence-electron chi connectivity index (χ3n) is 6.76. The number of hydrogen-bond acceptors (Lipinski definition) is 3. The lowest BCUT2D eigenvalue weighted by Gasteiger charge is -2.36. The van der Waals surface area contributed by atoms with E-state index in [2.05, 4.69) is 87.6 Å². The van der Waals surface area contributed by atoms with Gasteiger partial charge >= 0.3 is 0 Å². The summed E-state index contributed by atoms with van der Waals surface area (Å²) >= 11 is 3.49. The van der Waals surface area contributed by atoms with Crippen molar-refractivity contribution in [3.8, 4) is 5.75 Å². The van der Waals surface area contributed by atoms with Crippen molar-refractivity contribution in [1.82, 2.24) is 4.90 Å². The van der Waals surface area contributed by atoms with E-state index in [4.69, 9.17) is 9.47 Å². The highest BCUT2D eigenvalue weighted by molar-refractivity contribution is 9.10. The molecule has 0 bridgehead atoms. The van der Waals surface area contributed by atoms with Crippen LogP contribution in [0.25, 0.3) is 0 Å². The van der Waals surface area contributed by atoms with Crippen LogP contribution in [0, 0.1) is 11.8 Å². The van der Waals surface area contributed by atoms with Crippen molar-refractivity contribution in [1.29, 1.82) is 0 Å². The number of halogens is 1. The molecule has 2 aromatic carbocycles. The summed E-state index contributed by atoms with van der Waals surface area (Å²) in [5.41, 5.74) is 4.06. The first-order valence-corrected chi connectivity index (χ1v) is 12.2. The standard InChI is InChI=1S/C27H30BrNO2/c28-25-8-5-20(6-9-25)19-31-26-10-7-21-11-13-29(18-24(21)16-26)17-23-4-2-1-3-22(23)15-27-12-14-30-27/h1-10,16,22-23,27H,11-15,17-19H2/t22-,23?,27?/m1/s1. The van der Waals surface area contributed by atoms with Crippen LogP contribution in [-0.2, 0) is 24.3 Å². The van der Waals surface area contributed by atoms with Gasteiger partial charge in [-0.1, -0.05) is 58.4 Å². The van der Waals surface area contributed by atoms with Gasteiger partial charge in [-0.3, -0.25) is 4.90 Å². The van der Waals surface area contributed by atoms with Crippen LogP contribution in [0.4, 0.5) is 0 Å². The third-order valence-corrected chi connectivity index (χ3v) is 7.29. The van der Waals surface area contributed by atoms with Gasteiger partial charge in [0, 0.05) is 30.7 Å². The molecule has 1 saturated heterocycles. The number of allylic oxidation sites excluding steroid dienone is 3. The molecule has 31 heavy (non-hydrogen) atoms. The summed E-state index contributed by atoms with van der Waals surface area (Å²) in [7, 11) is 0. The third kappa shape index (κ3) is 5.31. The second-order valence-corrected chi connectivity index (χ2v) is 9.86. The zero-order valence-electron chi connectivity index (χ0n) is 17.9. The first-order valence-electron chi connectivity index (χ1n) is 11.4. The molecule has 3 atom stereocenters. The minimum atomic E-state index is 0.469. The molecular formula is C27H30BrNO2. The SMILES string of the molecule is Brc1ccc(COc2ccc3c(c2)CN(CC2C=CC=C[C@@H]2CC2CCO2)CC3)cc1. The summed E-state index contributed by atoms with van der Waals surface area (Å²) in [5.74, 6) is 2.13. The molecule has 1 fully saturated rings. The molecule has 2 aliphatic heterocycles. The first kappa shape index (κ1) is 21.0. The Morgan fingerprint density at radius 1 is 1.00 bits per heavy atom. The normalized spacial score (nSPS) is 25.1. The zero-order valence-corrected chi connectivity index (χ0v) is 19.5. The topological polar surface area (TPSA) is 21.7 Å². The molecule has 0 aromatic heterocycles. The Morgan fingerprint density at radius 2 is 1.81 bits per heavy atom. The van der Waals surface area contributed by atoms with E-state index in [0.717, 1.165) is 49.3 Å². The molecule has 2 heterocycles. The van der Waals surface area contributed by atoms with E-state index < -0.39 is 0 Å². The molecule has 4 heteroatoms. The Kier molecular flexibility index (Phi) is 6.58. The van der Waals surface area contributed by atoms with Crippen LogP contribution in [0.15, 0.2) is 71.2 Å². The Labute approximate surface area is 193 Å². The smallest absolute Gasteiger partial charge is 0.120 e. The van der Waals surface area contributed by atoms with Crippen LogP contribution in [0.3, 0.4) is 0 Å². The van der Waals surface area contributed by atoms with Gasteiger partial charge in [0.1, 0.15) is 12.4 Å². The molecule has 0 N–H and O–H groups in total. The average molecular weight is 480 g/mol.